The number of amides is 1. The molecule has 1 aliphatic heterocycles. The van der Waals surface area contributed by atoms with Gasteiger partial charge in [-0.15, -0.1) is 0 Å². The van der Waals surface area contributed by atoms with Gasteiger partial charge in [0, 0.05) is 33.7 Å². The largest absolute Gasteiger partial charge is 0.494 e. The first-order valence-electron chi connectivity index (χ1n) is 9.52. The molecule has 0 saturated carbocycles. The lowest BCUT2D eigenvalue weighted by Crippen LogP contribution is -2.48. The van der Waals surface area contributed by atoms with Crippen LogP contribution in [0.25, 0.3) is 0 Å². The Morgan fingerprint density at radius 2 is 2.07 bits per heavy atom. The minimum Gasteiger partial charge on any atom is -0.494 e. The fourth-order valence-electron chi connectivity index (χ4n) is 3.24. The molecule has 152 valence electrons. The van der Waals surface area contributed by atoms with E-state index in [9.17, 15) is 13.2 Å². The maximum absolute atomic E-state index is 12.5. The number of nitrogens with one attached hydrogen (secondary N) is 1. The molecular weight excluding hydrogens is 366 g/mol. The second-order valence-corrected chi connectivity index (χ2v) is 9.07. The number of hydrogen-bond acceptors (Lipinski definition) is 4. The van der Waals surface area contributed by atoms with Crippen molar-refractivity contribution >= 4 is 16.1 Å². The number of rotatable bonds is 9. The summed E-state index contributed by atoms with van der Waals surface area (Å²) < 4.78 is 32.7. The van der Waals surface area contributed by atoms with Gasteiger partial charge in [-0.3, -0.25) is 4.79 Å². The third kappa shape index (κ3) is 5.92. The van der Waals surface area contributed by atoms with Crippen LogP contribution < -0.4 is 10.1 Å². The Morgan fingerprint density at radius 3 is 2.78 bits per heavy atom. The van der Waals surface area contributed by atoms with E-state index in [2.05, 4.69) is 5.32 Å². The number of nitrogens with zero attached hydrogens (tertiary/aromatic N) is 2. The van der Waals surface area contributed by atoms with Gasteiger partial charge in [0.2, 0.25) is 5.91 Å². The normalized spacial score (nSPS) is 18.4. The highest BCUT2D eigenvalue weighted by atomic mass is 32.2. The molecule has 0 radical (unpaired) electrons. The lowest BCUT2D eigenvalue weighted by atomic mass is 9.99. The first-order chi connectivity index (χ1) is 12.9. The molecule has 8 heteroatoms. The van der Waals surface area contributed by atoms with Crippen LogP contribution >= 0.6 is 0 Å². The fraction of sp³-hybridized carbons (Fsp3) is 0.632. The number of piperidine rings is 1. The zero-order valence-electron chi connectivity index (χ0n) is 16.5. The van der Waals surface area contributed by atoms with Crippen LogP contribution in [0.5, 0.6) is 5.75 Å². The number of hydrogen-bond donors (Lipinski definition) is 1. The topological polar surface area (TPSA) is 79.0 Å². The summed E-state index contributed by atoms with van der Waals surface area (Å²) in [6, 6.07) is 7.93. The molecule has 0 aliphatic carbocycles. The summed E-state index contributed by atoms with van der Waals surface area (Å²) in [4.78, 5) is 12.5. The molecule has 0 unspecified atom stereocenters. The highest BCUT2D eigenvalue weighted by molar-refractivity contribution is 7.86. The summed E-state index contributed by atoms with van der Waals surface area (Å²) in [7, 11) is -0.439. The van der Waals surface area contributed by atoms with Crippen LogP contribution in [-0.4, -0.2) is 63.3 Å². The number of para-hydroxylation sites is 1. The summed E-state index contributed by atoms with van der Waals surface area (Å²) in [6.07, 6.45) is 3.05. The van der Waals surface area contributed by atoms with E-state index in [1.807, 2.05) is 31.2 Å². The summed E-state index contributed by atoms with van der Waals surface area (Å²) in [6.45, 7) is 3.87. The van der Waals surface area contributed by atoms with Crippen molar-refractivity contribution in [2.45, 2.75) is 32.6 Å². The number of aryl methyl sites for hydroxylation is 1. The maximum Gasteiger partial charge on any atom is 0.281 e. The van der Waals surface area contributed by atoms with Gasteiger partial charge in [-0.25, -0.2) is 0 Å². The van der Waals surface area contributed by atoms with E-state index in [4.69, 9.17) is 4.74 Å². The number of carbonyl (C=O) groups is 1. The molecule has 27 heavy (non-hydrogen) atoms. The third-order valence-corrected chi connectivity index (χ3v) is 6.64. The van der Waals surface area contributed by atoms with Crippen LogP contribution in [0.2, 0.25) is 0 Å². The monoisotopic (exact) mass is 397 g/mol. The fourth-order valence-corrected chi connectivity index (χ4v) is 4.43. The van der Waals surface area contributed by atoms with Gasteiger partial charge >= 0.3 is 0 Å². The Hall–Kier alpha value is -1.64. The van der Waals surface area contributed by atoms with Gasteiger partial charge in [0.15, 0.2) is 0 Å². The van der Waals surface area contributed by atoms with E-state index in [1.54, 1.807) is 0 Å². The van der Waals surface area contributed by atoms with Crippen molar-refractivity contribution in [3.8, 4) is 5.75 Å². The van der Waals surface area contributed by atoms with Crippen LogP contribution in [0.1, 0.15) is 31.7 Å². The van der Waals surface area contributed by atoms with Gasteiger partial charge in [0.25, 0.3) is 10.2 Å². The SMILES string of the molecule is CCOc1ccccc1CCCNC(=O)[C@H]1CCCN(S(=O)(=O)N(C)C)C1. The van der Waals surface area contributed by atoms with Crippen molar-refractivity contribution < 1.29 is 17.9 Å². The van der Waals surface area contributed by atoms with E-state index in [0.29, 0.717) is 26.1 Å². The second-order valence-electron chi connectivity index (χ2n) is 6.92. The minimum absolute atomic E-state index is 0.0632. The molecule has 0 spiro atoms. The number of benzene rings is 1. The molecule has 1 N–H and O–H groups in total. The summed E-state index contributed by atoms with van der Waals surface area (Å²) in [5, 5.41) is 2.96. The highest BCUT2D eigenvalue weighted by Gasteiger charge is 2.33. The van der Waals surface area contributed by atoms with Crippen molar-refractivity contribution in [3.05, 3.63) is 29.8 Å². The predicted octanol–water partition coefficient (Wildman–Crippen LogP) is 1.65. The molecule has 0 bridgehead atoms. The molecule has 2 rings (SSSR count). The van der Waals surface area contributed by atoms with Crippen molar-refractivity contribution in [3.63, 3.8) is 0 Å². The molecule has 1 aromatic carbocycles. The van der Waals surface area contributed by atoms with Crippen LogP contribution in [0.15, 0.2) is 24.3 Å². The van der Waals surface area contributed by atoms with Crippen molar-refractivity contribution in [1.29, 1.82) is 0 Å². The first-order valence-corrected chi connectivity index (χ1v) is 10.9. The average molecular weight is 398 g/mol. The molecule has 1 aliphatic rings. The van der Waals surface area contributed by atoms with Crippen LogP contribution in [0.3, 0.4) is 0 Å². The molecule has 1 saturated heterocycles. The average Bonchev–Trinajstić information content (AvgIpc) is 2.66. The third-order valence-electron chi connectivity index (χ3n) is 4.74. The van der Waals surface area contributed by atoms with Crippen molar-refractivity contribution in [2.75, 3.05) is 40.3 Å². The van der Waals surface area contributed by atoms with E-state index >= 15 is 0 Å². The van der Waals surface area contributed by atoms with Crippen LogP contribution in [0, 0.1) is 5.92 Å². The zero-order valence-corrected chi connectivity index (χ0v) is 17.3. The molecule has 1 fully saturated rings. The van der Waals surface area contributed by atoms with Crippen molar-refractivity contribution in [2.24, 2.45) is 5.92 Å². The van der Waals surface area contributed by atoms with Gasteiger partial charge in [0.1, 0.15) is 5.75 Å². The Morgan fingerprint density at radius 1 is 1.33 bits per heavy atom. The maximum atomic E-state index is 12.5. The molecule has 0 aromatic heterocycles. The standard InChI is InChI=1S/C19H31N3O4S/c1-4-26-18-12-6-5-9-16(18)10-7-13-20-19(23)17-11-8-14-22(15-17)27(24,25)21(2)3/h5-6,9,12,17H,4,7-8,10-11,13-15H2,1-3H3,(H,20,23)/t17-/m0/s1. The Kier molecular flexibility index (Phi) is 8.07. The highest BCUT2D eigenvalue weighted by Crippen LogP contribution is 2.21. The smallest absolute Gasteiger partial charge is 0.281 e. The second kappa shape index (κ2) is 10.1. The summed E-state index contributed by atoms with van der Waals surface area (Å²) >= 11 is 0. The molecule has 1 atom stereocenters. The number of carbonyl (C=O) groups excluding carboxylic acids is 1. The minimum atomic E-state index is -3.47. The van der Waals surface area contributed by atoms with Crippen LogP contribution in [-0.2, 0) is 21.4 Å². The molecule has 1 aromatic rings. The van der Waals surface area contributed by atoms with E-state index in [0.717, 1.165) is 30.6 Å². The Labute approximate surface area is 162 Å². The lowest BCUT2D eigenvalue weighted by molar-refractivity contribution is -0.126. The predicted molar refractivity (Wildman–Crippen MR) is 106 cm³/mol. The van der Waals surface area contributed by atoms with Gasteiger partial charge < -0.3 is 10.1 Å². The quantitative estimate of drug-likeness (QED) is 0.643. The van der Waals surface area contributed by atoms with Gasteiger partial charge in [-0.1, -0.05) is 18.2 Å². The Bertz CT molecular complexity index is 721. The first kappa shape index (κ1) is 21.7. The van der Waals surface area contributed by atoms with Crippen molar-refractivity contribution in [1.82, 2.24) is 13.9 Å². The van der Waals surface area contributed by atoms with Gasteiger partial charge in [-0.2, -0.15) is 17.0 Å². The van der Waals surface area contributed by atoms with E-state index in [-0.39, 0.29) is 18.4 Å². The van der Waals surface area contributed by atoms with E-state index in [1.165, 1.54) is 22.7 Å². The van der Waals surface area contributed by atoms with Crippen LogP contribution in [0.4, 0.5) is 0 Å². The zero-order chi connectivity index (χ0) is 19.9. The summed E-state index contributed by atoms with van der Waals surface area (Å²) in [5.74, 6) is 0.541. The summed E-state index contributed by atoms with van der Waals surface area (Å²) in [5.41, 5.74) is 1.13. The molecule has 1 heterocycles. The number of ether oxygens (including phenoxy) is 1. The Balaban J connectivity index is 1.81. The van der Waals surface area contributed by atoms with Gasteiger partial charge in [-0.05, 0) is 44.2 Å². The van der Waals surface area contributed by atoms with E-state index < -0.39 is 10.2 Å². The van der Waals surface area contributed by atoms with Gasteiger partial charge in [0.05, 0.1) is 12.5 Å². The molecule has 7 nitrogen and oxygen atoms in total. The lowest BCUT2D eigenvalue weighted by Gasteiger charge is -2.32. The molecule has 1 amide bonds. The molecular formula is C19H31N3O4S.